The van der Waals surface area contributed by atoms with Crippen molar-refractivity contribution in [3.05, 3.63) is 65.7 Å². The molecule has 0 fully saturated rings. The molecular formula is C15H12FNO2S. The first-order chi connectivity index (χ1) is 9.63. The Morgan fingerprint density at radius 1 is 1.30 bits per heavy atom. The summed E-state index contributed by atoms with van der Waals surface area (Å²) in [5.41, 5.74) is 1.34. The van der Waals surface area contributed by atoms with Gasteiger partial charge in [-0.15, -0.1) is 11.8 Å². The number of hydrogen-bond donors (Lipinski definition) is 1. The highest BCUT2D eigenvalue weighted by Gasteiger charge is 2.01. The lowest BCUT2D eigenvalue weighted by atomic mass is 10.1. The number of benzene rings is 1. The number of aliphatic carboxylic acids is 1. The molecule has 0 unspecified atom stereocenters. The van der Waals surface area contributed by atoms with Gasteiger partial charge in [-0.3, -0.25) is 4.98 Å². The Labute approximate surface area is 120 Å². The molecule has 2 rings (SSSR count). The summed E-state index contributed by atoms with van der Waals surface area (Å²) in [4.78, 5) is 15.4. The van der Waals surface area contributed by atoms with E-state index >= 15 is 0 Å². The second-order valence-corrected chi connectivity index (χ2v) is 5.08. The Morgan fingerprint density at radius 3 is 2.75 bits per heavy atom. The molecule has 0 amide bonds. The fraction of sp³-hybridized carbons (Fsp3) is 0.0667. The summed E-state index contributed by atoms with van der Waals surface area (Å²) >= 11 is 1.57. The van der Waals surface area contributed by atoms with Gasteiger partial charge in [0.1, 0.15) is 5.82 Å². The van der Waals surface area contributed by atoms with Crippen LogP contribution in [-0.4, -0.2) is 16.1 Å². The Kier molecular flexibility index (Phi) is 4.90. The van der Waals surface area contributed by atoms with Gasteiger partial charge in [0.25, 0.3) is 0 Å². The van der Waals surface area contributed by atoms with Gasteiger partial charge in [0, 0.05) is 29.1 Å². The average Bonchev–Trinajstić information content (AvgIpc) is 2.44. The molecular weight excluding hydrogens is 277 g/mol. The second-order valence-electron chi connectivity index (χ2n) is 4.04. The number of nitrogens with zero attached hydrogens (tertiary/aromatic N) is 1. The molecule has 0 aliphatic carbocycles. The van der Waals surface area contributed by atoms with E-state index in [-0.39, 0.29) is 5.82 Å². The Bertz CT molecular complexity index is 629. The SMILES string of the molecule is O=C(O)/C=C/c1cc(F)cc(CSc2ccncc2)c1. The topological polar surface area (TPSA) is 50.2 Å². The maximum absolute atomic E-state index is 13.5. The predicted octanol–water partition coefficient (Wildman–Crippen LogP) is 3.61. The monoisotopic (exact) mass is 289 g/mol. The number of aromatic nitrogens is 1. The number of hydrogen-bond acceptors (Lipinski definition) is 3. The molecule has 0 aliphatic rings. The highest BCUT2D eigenvalue weighted by atomic mass is 32.2. The average molecular weight is 289 g/mol. The summed E-state index contributed by atoms with van der Waals surface area (Å²) in [6.45, 7) is 0. The maximum Gasteiger partial charge on any atom is 0.328 e. The number of carboxylic acids is 1. The standard InChI is InChI=1S/C15H12FNO2S/c16-13-8-11(1-2-15(18)19)7-12(9-13)10-20-14-3-5-17-6-4-14/h1-9H,10H2,(H,18,19)/b2-1+. The summed E-state index contributed by atoms with van der Waals surface area (Å²) < 4.78 is 13.5. The third-order valence-corrected chi connectivity index (χ3v) is 3.54. The molecule has 0 radical (unpaired) electrons. The number of pyridine rings is 1. The lowest BCUT2D eigenvalue weighted by Gasteiger charge is -2.04. The normalized spacial score (nSPS) is 10.8. The van der Waals surface area contributed by atoms with Crippen molar-refractivity contribution in [3.63, 3.8) is 0 Å². The van der Waals surface area contributed by atoms with Crippen LogP contribution < -0.4 is 0 Å². The van der Waals surface area contributed by atoms with Crippen LogP contribution in [0.25, 0.3) is 6.08 Å². The zero-order chi connectivity index (χ0) is 14.4. The van der Waals surface area contributed by atoms with E-state index in [1.807, 2.05) is 12.1 Å². The summed E-state index contributed by atoms with van der Waals surface area (Å²) in [6, 6.07) is 8.30. The van der Waals surface area contributed by atoms with Crippen LogP contribution in [0.2, 0.25) is 0 Å². The van der Waals surface area contributed by atoms with Crippen molar-refractivity contribution in [3.8, 4) is 0 Å². The van der Waals surface area contributed by atoms with E-state index in [2.05, 4.69) is 4.98 Å². The van der Waals surface area contributed by atoms with E-state index in [1.54, 1.807) is 30.2 Å². The van der Waals surface area contributed by atoms with E-state index in [1.165, 1.54) is 18.2 Å². The van der Waals surface area contributed by atoms with Crippen LogP contribution in [0.15, 0.2) is 53.7 Å². The number of carboxylic acid groups (broad SMARTS) is 1. The minimum absolute atomic E-state index is 0.372. The fourth-order valence-corrected chi connectivity index (χ4v) is 2.44. The van der Waals surface area contributed by atoms with Crippen LogP contribution >= 0.6 is 11.8 Å². The molecule has 0 bridgehead atoms. The maximum atomic E-state index is 13.5. The van der Waals surface area contributed by atoms with Crippen molar-refractivity contribution in [2.45, 2.75) is 10.6 Å². The molecule has 0 atom stereocenters. The van der Waals surface area contributed by atoms with Crippen LogP contribution in [0.1, 0.15) is 11.1 Å². The van der Waals surface area contributed by atoms with E-state index in [9.17, 15) is 9.18 Å². The van der Waals surface area contributed by atoms with Gasteiger partial charge in [0.15, 0.2) is 0 Å². The van der Waals surface area contributed by atoms with E-state index in [0.29, 0.717) is 11.3 Å². The number of carbonyl (C=O) groups is 1. The molecule has 1 N–H and O–H groups in total. The molecule has 2 aromatic rings. The number of thioether (sulfide) groups is 1. The summed E-state index contributed by atoms with van der Waals surface area (Å²) in [6.07, 6.45) is 5.78. The molecule has 3 nitrogen and oxygen atoms in total. The molecule has 1 aromatic heterocycles. The zero-order valence-electron chi connectivity index (χ0n) is 10.5. The Hall–Kier alpha value is -2.14. The molecule has 1 heterocycles. The molecule has 1 aromatic carbocycles. The smallest absolute Gasteiger partial charge is 0.328 e. The first-order valence-corrected chi connectivity index (χ1v) is 6.85. The third-order valence-electron chi connectivity index (χ3n) is 2.45. The van der Waals surface area contributed by atoms with Gasteiger partial charge in [-0.1, -0.05) is 6.07 Å². The largest absolute Gasteiger partial charge is 0.478 e. The quantitative estimate of drug-likeness (QED) is 0.675. The lowest BCUT2D eigenvalue weighted by molar-refractivity contribution is -0.131. The number of halogens is 1. The summed E-state index contributed by atoms with van der Waals surface area (Å²) in [5, 5.41) is 8.57. The summed E-state index contributed by atoms with van der Waals surface area (Å²) in [5.74, 6) is -0.819. The van der Waals surface area contributed by atoms with Crippen molar-refractivity contribution < 1.29 is 14.3 Å². The highest BCUT2D eigenvalue weighted by molar-refractivity contribution is 7.98. The van der Waals surface area contributed by atoms with Gasteiger partial charge >= 0.3 is 5.97 Å². The van der Waals surface area contributed by atoms with Gasteiger partial charge in [0.2, 0.25) is 0 Å². The molecule has 0 saturated heterocycles. The minimum Gasteiger partial charge on any atom is -0.478 e. The van der Waals surface area contributed by atoms with Crippen molar-refractivity contribution >= 4 is 23.8 Å². The third kappa shape index (κ3) is 4.51. The Balaban J connectivity index is 2.10. The van der Waals surface area contributed by atoms with Gasteiger partial charge in [0.05, 0.1) is 0 Å². The van der Waals surface area contributed by atoms with Crippen LogP contribution in [0.5, 0.6) is 0 Å². The molecule has 5 heteroatoms. The Morgan fingerprint density at radius 2 is 2.05 bits per heavy atom. The number of rotatable bonds is 5. The zero-order valence-corrected chi connectivity index (χ0v) is 11.3. The molecule has 0 saturated carbocycles. The van der Waals surface area contributed by atoms with E-state index in [4.69, 9.17) is 5.11 Å². The van der Waals surface area contributed by atoms with Gasteiger partial charge in [-0.25, -0.2) is 9.18 Å². The fourth-order valence-electron chi connectivity index (χ4n) is 1.62. The van der Waals surface area contributed by atoms with Crippen molar-refractivity contribution in [1.82, 2.24) is 4.98 Å². The van der Waals surface area contributed by atoms with Crippen molar-refractivity contribution in [1.29, 1.82) is 0 Å². The highest BCUT2D eigenvalue weighted by Crippen LogP contribution is 2.23. The lowest BCUT2D eigenvalue weighted by Crippen LogP contribution is -1.89. The van der Waals surface area contributed by atoms with Crippen LogP contribution in [-0.2, 0) is 10.5 Å². The van der Waals surface area contributed by atoms with Crippen LogP contribution in [0.3, 0.4) is 0 Å². The molecule has 102 valence electrons. The van der Waals surface area contributed by atoms with Crippen LogP contribution in [0.4, 0.5) is 4.39 Å². The van der Waals surface area contributed by atoms with Crippen molar-refractivity contribution in [2.24, 2.45) is 0 Å². The molecule has 0 aliphatic heterocycles. The first kappa shape index (κ1) is 14.3. The van der Waals surface area contributed by atoms with Gasteiger partial charge in [-0.05, 0) is 41.5 Å². The second kappa shape index (κ2) is 6.86. The van der Waals surface area contributed by atoms with Gasteiger partial charge < -0.3 is 5.11 Å². The predicted molar refractivity (Wildman–Crippen MR) is 76.9 cm³/mol. The van der Waals surface area contributed by atoms with Crippen LogP contribution in [0, 0.1) is 5.82 Å². The van der Waals surface area contributed by atoms with E-state index in [0.717, 1.165) is 16.5 Å². The van der Waals surface area contributed by atoms with Gasteiger partial charge in [-0.2, -0.15) is 0 Å². The first-order valence-electron chi connectivity index (χ1n) is 5.87. The molecule has 20 heavy (non-hydrogen) atoms. The minimum atomic E-state index is -1.05. The molecule has 0 spiro atoms. The summed E-state index contributed by atoms with van der Waals surface area (Å²) in [7, 11) is 0. The van der Waals surface area contributed by atoms with E-state index < -0.39 is 5.97 Å². The van der Waals surface area contributed by atoms with Crippen molar-refractivity contribution in [2.75, 3.05) is 0 Å².